The zero-order valence-electron chi connectivity index (χ0n) is 9.13. The van der Waals surface area contributed by atoms with Crippen molar-refractivity contribution >= 4 is 0 Å². The molecule has 0 atom stereocenters. The molecule has 0 amide bonds. The third-order valence-corrected chi connectivity index (χ3v) is 2.28. The predicted octanol–water partition coefficient (Wildman–Crippen LogP) is 2.80. The smallest absolute Gasteiger partial charge is 0.124 e. The van der Waals surface area contributed by atoms with Crippen molar-refractivity contribution in [3.05, 3.63) is 28.8 Å². The highest BCUT2D eigenvalue weighted by molar-refractivity contribution is 5.42. The number of rotatable bonds is 4. The lowest BCUT2D eigenvalue weighted by atomic mass is 10.0. The van der Waals surface area contributed by atoms with E-state index in [1.54, 1.807) is 7.11 Å². The molecule has 1 aromatic carbocycles. The summed E-state index contributed by atoms with van der Waals surface area (Å²) in [7, 11) is 1.64. The number of ether oxygens (including phenoxy) is 1. The Hall–Kier alpha value is -1.02. The van der Waals surface area contributed by atoms with E-state index >= 15 is 0 Å². The fourth-order valence-corrected chi connectivity index (χ4v) is 1.63. The standard InChI is InChI=1S/C12H18O2/c1-4-5-10-6-9(2)12(13)11(7-10)8-14-3/h6-7,13H,4-5,8H2,1-3H3. The predicted molar refractivity (Wildman–Crippen MR) is 57.6 cm³/mol. The van der Waals surface area contributed by atoms with Gasteiger partial charge in [-0.2, -0.15) is 0 Å². The van der Waals surface area contributed by atoms with Gasteiger partial charge in [-0.05, 0) is 30.5 Å². The summed E-state index contributed by atoms with van der Waals surface area (Å²) < 4.78 is 5.04. The molecule has 0 saturated heterocycles. The molecule has 2 heteroatoms. The maximum absolute atomic E-state index is 9.74. The van der Waals surface area contributed by atoms with E-state index in [1.165, 1.54) is 5.56 Å². The van der Waals surface area contributed by atoms with Gasteiger partial charge in [0.25, 0.3) is 0 Å². The van der Waals surface area contributed by atoms with E-state index in [9.17, 15) is 5.11 Å². The Morgan fingerprint density at radius 1 is 1.36 bits per heavy atom. The molecule has 0 aliphatic carbocycles. The van der Waals surface area contributed by atoms with Crippen molar-refractivity contribution in [1.82, 2.24) is 0 Å². The number of phenols is 1. The molecule has 78 valence electrons. The summed E-state index contributed by atoms with van der Waals surface area (Å²) in [6, 6.07) is 4.06. The fraction of sp³-hybridized carbons (Fsp3) is 0.500. The SMILES string of the molecule is CCCc1cc(C)c(O)c(COC)c1. The summed E-state index contributed by atoms with van der Waals surface area (Å²) >= 11 is 0. The number of aryl methyl sites for hydroxylation is 2. The highest BCUT2D eigenvalue weighted by Crippen LogP contribution is 2.25. The molecule has 0 heterocycles. The first-order valence-corrected chi connectivity index (χ1v) is 4.99. The molecule has 2 nitrogen and oxygen atoms in total. The molecule has 0 fully saturated rings. The molecule has 0 unspecified atom stereocenters. The van der Waals surface area contributed by atoms with Gasteiger partial charge in [-0.3, -0.25) is 0 Å². The van der Waals surface area contributed by atoms with Crippen molar-refractivity contribution in [2.24, 2.45) is 0 Å². The topological polar surface area (TPSA) is 29.5 Å². The fourth-order valence-electron chi connectivity index (χ4n) is 1.63. The van der Waals surface area contributed by atoms with Gasteiger partial charge >= 0.3 is 0 Å². The quantitative estimate of drug-likeness (QED) is 0.798. The van der Waals surface area contributed by atoms with E-state index in [0.717, 1.165) is 24.0 Å². The number of methoxy groups -OCH3 is 1. The van der Waals surface area contributed by atoms with Crippen LogP contribution in [-0.2, 0) is 17.8 Å². The van der Waals surface area contributed by atoms with Crippen molar-refractivity contribution < 1.29 is 9.84 Å². The first-order valence-electron chi connectivity index (χ1n) is 4.99. The Labute approximate surface area is 85.5 Å². The molecule has 0 aromatic heterocycles. The maximum Gasteiger partial charge on any atom is 0.124 e. The van der Waals surface area contributed by atoms with Gasteiger partial charge in [0.15, 0.2) is 0 Å². The molecular weight excluding hydrogens is 176 g/mol. The Balaban J connectivity index is 3.01. The molecule has 1 rings (SSSR count). The molecule has 0 radical (unpaired) electrons. The minimum absolute atomic E-state index is 0.367. The van der Waals surface area contributed by atoms with Crippen LogP contribution in [0.2, 0.25) is 0 Å². The van der Waals surface area contributed by atoms with Gasteiger partial charge < -0.3 is 9.84 Å². The van der Waals surface area contributed by atoms with Crippen LogP contribution >= 0.6 is 0 Å². The van der Waals surface area contributed by atoms with E-state index in [4.69, 9.17) is 4.74 Å². The number of hydrogen-bond donors (Lipinski definition) is 1. The van der Waals surface area contributed by atoms with E-state index in [0.29, 0.717) is 12.4 Å². The minimum Gasteiger partial charge on any atom is -0.507 e. The average molecular weight is 194 g/mol. The molecule has 0 spiro atoms. The van der Waals surface area contributed by atoms with Crippen LogP contribution in [-0.4, -0.2) is 12.2 Å². The minimum atomic E-state index is 0.367. The molecule has 1 aromatic rings. The Morgan fingerprint density at radius 3 is 2.64 bits per heavy atom. The van der Waals surface area contributed by atoms with Crippen molar-refractivity contribution in [2.75, 3.05) is 7.11 Å². The van der Waals surface area contributed by atoms with Gasteiger partial charge in [-0.15, -0.1) is 0 Å². The number of phenolic OH excluding ortho intramolecular Hbond substituents is 1. The normalized spacial score (nSPS) is 10.5. The number of aromatic hydroxyl groups is 1. The first kappa shape index (κ1) is 11.1. The van der Waals surface area contributed by atoms with Crippen LogP contribution in [0.3, 0.4) is 0 Å². The summed E-state index contributed by atoms with van der Waals surface area (Å²) in [5, 5.41) is 9.74. The Morgan fingerprint density at radius 2 is 2.07 bits per heavy atom. The Kier molecular flexibility index (Phi) is 3.96. The lowest BCUT2D eigenvalue weighted by Gasteiger charge is -2.09. The zero-order valence-corrected chi connectivity index (χ0v) is 9.13. The summed E-state index contributed by atoms with van der Waals surface area (Å²) in [5.74, 6) is 0.367. The third kappa shape index (κ3) is 2.48. The second-order valence-electron chi connectivity index (χ2n) is 3.60. The third-order valence-electron chi connectivity index (χ3n) is 2.28. The Bertz CT molecular complexity index is 305. The summed E-state index contributed by atoms with van der Waals surface area (Å²) in [6.45, 7) is 4.55. The second-order valence-corrected chi connectivity index (χ2v) is 3.60. The highest BCUT2D eigenvalue weighted by Gasteiger charge is 2.06. The lowest BCUT2D eigenvalue weighted by Crippen LogP contribution is -1.94. The van der Waals surface area contributed by atoms with Gasteiger partial charge in [0.05, 0.1) is 6.61 Å². The molecule has 0 bridgehead atoms. The molecule has 0 saturated carbocycles. The first-order chi connectivity index (χ1) is 6.69. The highest BCUT2D eigenvalue weighted by atomic mass is 16.5. The van der Waals surface area contributed by atoms with Gasteiger partial charge in [-0.1, -0.05) is 19.4 Å². The van der Waals surface area contributed by atoms with Crippen LogP contribution in [0.5, 0.6) is 5.75 Å². The molecular formula is C12H18O2. The van der Waals surface area contributed by atoms with Crippen molar-refractivity contribution in [3.63, 3.8) is 0 Å². The number of hydrogen-bond acceptors (Lipinski definition) is 2. The summed E-state index contributed by atoms with van der Waals surface area (Å²) in [5.41, 5.74) is 3.09. The molecule has 0 aliphatic rings. The van der Waals surface area contributed by atoms with Crippen LogP contribution in [0.1, 0.15) is 30.0 Å². The second kappa shape index (κ2) is 5.01. The van der Waals surface area contributed by atoms with Crippen molar-refractivity contribution in [3.8, 4) is 5.75 Å². The van der Waals surface area contributed by atoms with E-state index in [1.807, 2.05) is 19.1 Å². The van der Waals surface area contributed by atoms with Crippen LogP contribution in [0.25, 0.3) is 0 Å². The van der Waals surface area contributed by atoms with Gasteiger partial charge in [0.2, 0.25) is 0 Å². The number of benzene rings is 1. The average Bonchev–Trinajstić information content (AvgIpc) is 2.14. The molecule has 0 aliphatic heterocycles. The maximum atomic E-state index is 9.74. The van der Waals surface area contributed by atoms with Crippen molar-refractivity contribution in [2.45, 2.75) is 33.3 Å². The zero-order chi connectivity index (χ0) is 10.6. The van der Waals surface area contributed by atoms with Crippen LogP contribution in [0.15, 0.2) is 12.1 Å². The van der Waals surface area contributed by atoms with E-state index in [2.05, 4.69) is 6.92 Å². The van der Waals surface area contributed by atoms with Crippen LogP contribution in [0.4, 0.5) is 0 Å². The van der Waals surface area contributed by atoms with Gasteiger partial charge in [0.1, 0.15) is 5.75 Å². The van der Waals surface area contributed by atoms with Crippen LogP contribution < -0.4 is 0 Å². The largest absolute Gasteiger partial charge is 0.507 e. The van der Waals surface area contributed by atoms with Gasteiger partial charge in [-0.25, -0.2) is 0 Å². The van der Waals surface area contributed by atoms with Crippen molar-refractivity contribution in [1.29, 1.82) is 0 Å². The van der Waals surface area contributed by atoms with Crippen LogP contribution in [0, 0.1) is 6.92 Å². The van der Waals surface area contributed by atoms with E-state index < -0.39 is 0 Å². The summed E-state index contributed by atoms with van der Waals surface area (Å²) in [4.78, 5) is 0. The monoisotopic (exact) mass is 194 g/mol. The molecule has 14 heavy (non-hydrogen) atoms. The van der Waals surface area contributed by atoms with E-state index in [-0.39, 0.29) is 0 Å². The lowest BCUT2D eigenvalue weighted by molar-refractivity contribution is 0.182. The molecule has 1 N–H and O–H groups in total. The summed E-state index contributed by atoms with van der Waals surface area (Å²) in [6.07, 6.45) is 2.18. The van der Waals surface area contributed by atoms with Gasteiger partial charge in [0, 0.05) is 12.7 Å².